The Hall–Kier alpha value is -3.75. The van der Waals surface area contributed by atoms with Crippen LogP contribution in [-0.4, -0.2) is 28.3 Å². The van der Waals surface area contributed by atoms with Crippen molar-refractivity contribution >= 4 is 23.3 Å². The predicted molar refractivity (Wildman–Crippen MR) is 119 cm³/mol. The maximum absolute atomic E-state index is 13.4. The molecule has 2 heterocycles. The van der Waals surface area contributed by atoms with Crippen LogP contribution in [0.15, 0.2) is 48.1 Å². The molecule has 2 N–H and O–H groups in total. The molecular formula is C25H22F2N2O5. The largest absolute Gasteiger partial charge is 0.586 e. The van der Waals surface area contributed by atoms with Crippen molar-refractivity contribution in [2.45, 2.75) is 44.8 Å². The number of carbonyl (C=O) groups is 2. The van der Waals surface area contributed by atoms with Gasteiger partial charge in [0.15, 0.2) is 11.5 Å². The minimum absolute atomic E-state index is 0.0707. The quantitative estimate of drug-likeness (QED) is 0.653. The molecule has 1 aliphatic heterocycles. The zero-order valence-corrected chi connectivity index (χ0v) is 18.5. The van der Waals surface area contributed by atoms with Gasteiger partial charge in [0.25, 0.3) is 0 Å². The van der Waals surface area contributed by atoms with Gasteiger partial charge in [0.1, 0.15) is 5.82 Å². The van der Waals surface area contributed by atoms with Crippen molar-refractivity contribution in [3.05, 3.63) is 64.9 Å². The van der Waals surface area contributed by atoms with Gasteiger partial charge in [-0.2, -0.15) is 0 Å². The highest BCUT2D eigenvalue weighted by atomic mass is 19.3. The Morgan fingerprint density at radius 1 is 1.15 bits per heavy atom. The third-order valence-corrected chi connectivity index (χ3v) is 6.53. The van der Waals surface area contributed by atoms with Gasteiger partial charge in [-0.1, -0.05) is 25.1 Å². The predicted octanol–water partition coefficient (Wildman–Crippen LogP) is 4.82. The highest BCUT2D eigenvalue weighted by molar-refractivity contribution is 6.01. The van der Waals surface area contributed by atoms with Crippen LogP contribution in [0.1, 0.15) is 43.0 Å². The number of hydrogen-bond donors (Lipinski definition) is 2. The molecule has 3 aliphatic rings. The number of carboxylic acids is 1. The fourth-order valence-electron chi connectivity index (χ4n) is 4.38. The topological polar surface area (TPSA) is 97.8 Å². The van der Waals surface area contributed by atoms with Gasteiger partial charge in [-0.05, 0) is 73.1 Å². The van der Waals surface area contributed by atoms with Crippen LogP contribution in [0.25, 0.3) is 5.57 Å². The van der Waals surface area contributed by atoms with E-state index in [1.54, 1.807) is 18.2 Å². The number of ether oxygens (including phenoxy) is 2. The number of aryl methyl sites for hydroxylation is 1. The Morgan fingerprint density at radius 2 is 1.88 bits per heavy atom. The van der Waals surface area contributed by atoms with Gasteiger partial charge in [-0.3, -0.25) is 4.79 Å². The summed E-state index contributed by atoms with van der Waals surface area (Å²) in [6, 6.07) is 7.89. The second kappa shape index (κ2) is 7.65. The van der Waals surface area contributed by atoms with Crippen molar-refractivity contribution in [1.82, 2.24) is 4.98 Å². The number of fused-ring (bicyclic) bond motifs is 1. The van der Waals surface area contributed by atoms with E-state index < -0.39 is 17.7 Å². The molecule has 176 valence electrons. The van der Waals surface area contributed by atoms with Gasteiger partial charge in [0.05, 0.1) is 11.1 Å². The normalized spacial score (nSPS) is 21.4. The number of benzene rings is 1. The maximum atomic E-state index is 13.4. The van der Waals surface area contributed by atoms with Crippen molar-refractivity contribution in [3.63, 3.8) is 0 Å². The van der Waals surface area contributed by atoms with E-state index in [1.165, 1.54) is 12.1 Å². The first kappa shape index (κ1) is 22.1. The molecule has 7 nitrogen and oxygen atoms in total. The summed E-state index contributed by atoms with van der Waals surface area (Å²) in [6.07, 6.45) is 1.55. The number of rotatable bonds is 5. The zero-order valence-electron chi connectivity index (χ0n) is 18.5. The summed E-state index contributed by atoms with van der Waals surface area (Å²) in [5.41, 5.74) is 2.16. The Labute approximate surface area is 194 Å². The lowest BCUT2D eigenvalue weighted by Crippen LogP contribution is -2.28. The number of nitrogens with zero attached hydrogens (tertiary/aromatic N) is 1. The van der Waals surface area contributed by atoms with Crippen LogP contribution in [0.4, 0.5) is 14.6 Å². The van der Waals surface area contributed by atoms with Gasteiger partial charge < -0.3 is 19.9 Å². The first-order valence-corrected chi connectivity index (χ1v) is 10.9. The lowest BCUT2D eigenvalue weighted by molar-refractivity contribution is -0.286. The van der Waals surface area contributed by atoms with E-state index in [-0.39, 0.29) is 23.3 Å². The van der Waals surface area contributed by atoms with E-state index in [9.17, 15) is 23.5 Å². The van der Waals surface area contributed by atoms with Crippen molar-refractivity contribution in [2.75, 3.05) is 5.32 Å². The number of alkyl halides is 2. The first-order valence-electron chi connectivity index (χ1n) is 10.9. The molecule has 1 aromatic heterocycles. The second-order valence-electron chi connectivity index (χ2n) is 8.93. The number of allylic oxidation sites excluding steroid dienone is 3. The molecule has 1 amide bonds. The lowest BCUT2D eigenvalue weighted by Gasteiger charge is -2.19. The Bertz CT molecular complexity index is 1280. The minimum atomic E-state index is -3.72. The zero-order chi connectivity index (χ0) is 24.3. The summed E-state index contributed by atoms with van der Waals surface area (Å²) in [7, 11) is 0. The summed E-state index contributed by atoms with van der Waals surface area (Å²) < 4.78 is 35.7. The average Bonchev–Trinajstić information content (AvgIpc) is 3.52. The monoisotopic (exact) mass is 468 g/mol. The Kier molecular flexibility index (Phi) is 4.96. The number of nitrogens with one attached hydrogen (secondary N) is 1. The van der Waals surface area contributed by atoms with Gasteiger partial charge in [-0.25, -0.2) is 9.78 Å². The van der Waals surface area contributed by atoms with Crippen LogP contribution in [0, 0.1) is 12.8 Å². The summed E-state index contributed by atoms with van der Waals surface area (Å²) in [4.78, 5) is 29.4. The minimum Gasteiger partial charge on any atom is -0.478 e. The van der Waals surface area contributed by atoms with Crippen LogP contribution in [0.5, 0.6) is 11.5 Å². The van der Waals surface area contributed by atoms with Gasteiger partial charge >= 0.3 is 12.3 Å². The van der Waals surface area contributed by atoms with E-state index in [2.05, 4.69) is 19.8 Å². The average molecular weight is 468 g/mol. The highest BCUT2D eigenvalue weighted by Gasteiger charge is 2.53. The van der Waals surface area contributed by atoms with Crippen LogP contribution >= 0.6 is 0 Å². The molecule has 0 bridgehead atoms. The van der Waals surface area contributed by atoms with Crippen molar-refractivity contribution in [2.24, 2.45) is 5.92 Å². The summed E-state index contributed by atoms with van der Waals surface area (Å²) in [6.45, 7) is 3.72. The van der Waals surface area contributed by atoms with E-state index >= 15 is 0 Å². The highest BCUT2D eigenvalue weighted by Crippen LogP contribution is 2.52. The van der Waals surface area contributed by atoms with Crippen molar-refractivity contribution in [3.8, 4) is 11.5 Å². The second-order valence-corrected chi connectivity index (χ2v) is 8.93. The molecule has 1 aromatic carbocycles. The molecule has 0 radical (unpaired) electrons. The fourth-order valence-corrected chi connectivity index (χ4v) is 4.38. The third kappa shape index (κ3) is 3.81. The molecule has 1 unspecified atom stereocenters. The number of aromatic nitrogens is 1. The summed E-state index contributed by atoms with van der Waals surface area (Å²) in [5.74, 6) is -1.20. The summed E-state index contributed by atoms with van der Waals surface area (Å²) in [5, 5.41) is 12.3. The van der Waals surface area contributed by atoms with Gasteiger partial charge in [0.2, 0.25) is 5.91 Å². The van der Waals surface area contributed by atoms with E-state index in [1.807, 2.05) is 26.0 Å². The Balaban J connectivity index is 1.39. The molecule has 2 aliphatic carbocycles. The smallest absolute Gasteiger partial charge is 0.478 e. The van der Waals surface area contributed by atoms with E-state index in [0.29, 0.717) is 47.5 Å². The molecule has 1 saturated carbocycles. The molecule has 0 saturated heterocycles. The number of hydrogen-bond acceptors (Lipinski definition) is 5. The maximum Gasteiger partial charge on any atom is 0.586 e. The van der Waals surface area contributed by atoms with Crippen molar-refractivity contribution in [1.29, 1.82) is 0 Å². The number of amides is 1. The fraction of sp³-hybridized carbons (Fsp3) is 0.320. The van der Waals surface area contributed by atoms with Gasteiger partial charge in [-0.15, -0.1) is 8.78 Å². The number of pyridine rings is 1. The first-order chi connectivity index (χ1) is 16.1. The number of anilines is 1. The third-order valence-electron chi connectivity index (χ3n) is 6.53. The molecule has 2 aromatic rings. The van der Waals surface area contributed by atoms with Crippen LogP contribution in [-0.2, 0) is 15.0 Å². The number of aliphatic carboxylic acids is 1. The molecule has 5 rings (SSSR count). The molecule has 34 heavy (non-hydrogen) atoms. The number of carbonyl (C=O) groups excluding carboxylic acids is 1. The Morgan fingerprint density at radius 3 is 2.59 bits per heavy atom. The van der Waals surface area contributed by atoms with Gasteiger partial charge in [0, 0.05) is 5.57 Å². The lowest BCUT2D eigenvalue weighted by atomic mass is 9.88. The number of halogens is 2. The number of carboxylic acid groups (broad SMARTS) is 1. The van der Waals surface area contributed by atoms with E-state index in [0.717, 1.165) is 5.56 Å². The molecular weight excluding hydrogens is 446 g/mol. The SMILES string of the molecule is Cc1ccc(NC(=O)C2(c3ccc4c(c3)OC(F)(F)O4)CC2)nc1C1=CCC(C)C(C(=O)O)=C1. The molecule has 9 heteroatoms. The standard InChI is InChI=1S/C25H22F2N2O5/c1-13-3-5-15(11-17(13)22(30)31)21-14(2)4-8-20(28-21)29-23(32)24(9-10-24)16-6-7-18-19(12-16)34-25(26,27)33-18/h4-8,11-13H,3,9-10H2,1-2H3,(H,30,31)(H,28,29,32). The van der Waals surface area contributed by atoms with E-state index in [4.69, 9.17) is 0 Å². The van der Waals surface area contributed by atoms with Crippen LogP contribution in [0.3, 0.4) is 0 Å². The molecule has 1 atom stereocenters. The molecule has 1 fully saturated rings. The van der Waals surface area contributed by atoms with Crippen LogP contribution in [0.2, 0.25) is 0 Å². The summed E-state index contributed by atoms with van der Waals surface area (Å²) >= 11 is 0. The van der Waals surface area contributed by atoms with Crippen molar-refractivity contribution < 1.29 is 33.0 Å². The molecule has 0 spiro atoms. The van der Waals surface area contributed by atoms with Crippen LogP contribution < -0.4 is 14.8 Å².